The van der Waals surface area contributed by atoms with Gasteiger partial charge < -0.3 is 9.73 Å². The fourth-order valence-corrected chi connectivity index (χ4v) is 1.81. The quantitative estimate of drug-likeness (QED) is 0.810. The maximum Gasteiger partial charge on any atom is 0.201 e. The molecule has 2 aromatic rings. The average molecular weight is 239 g/mol. The van der Waals surface area contributed by atoms with E-state index in [-0.39, 0.29) is 5.58 Å². The summed E-state index contributed by atoms with van der Waals surface area (Å²) in [4.78, 5) is 0. The van der Waals surface area contributed by atoms with E-state index in [9.17, 15) is 8.78 Å². The molecule has 0 saturated carbocycles. The normalized spacial score (nSPS) is 11.2. The van der Waals surface area contributed by atoms with Gasteiger partial charge in [-0.3, -0.25) is 0 Å². The summed E-state index contributed by atoms with van der Waals surface area (Å²) < 4.78 is 31.4. The van der Waals surface area contributed by atoms with Gasteiger partial charge >= 0.3 is 0 Å². The van der Waals surface area contributed by atoms with Crippen LogP contribution in [0.15, 0.2) is 22.8 Å². The fourth-order valence-electron chi connectivity index (χ4n) is 1.81. The molecule has 0 aliphatic carbocycles. The number of hydrogen-bond acceptors (Lipinski definition) is 2. The van der Waals surface area contributed by atoms with Gasteiger partial charge in [0, 0.05) is 5.39 Å². The first-order valence-electron chi connectivity index (χ1n) is 5.78. The van der Waals surface area contributed by atoms with Crippen LogP contribution in [-0.4, -0.2) is 13.1 Å². The summed E-state index contributed by atoms with van der Waals surface area (Å²) in [6, 6.07) is 2.70. The lowest BCUT2D eigenvalue weighted by Gasteiger charge is -2.01. The van der Waals surface area contributed by atoms with E-state index >= 15 is 0 Å². The minimum atomic E-state index is -0.907. The molecule has 0 radical (unpaired) electrons. The summed E-state index contributed by atoms with van der Waals surface area (Å²) in [6.45, 7) is 3.86. The zero-order valence-electron chi connectivity index (χ0n) is 9.72. The molecule has 4 heteroatoms. The van der Waals surface area contributed by atoms with Gasteiger partial charge in [-0.1, -0.05) is 6.92 Å². The number of furan rings is 1. The molecule has 0 aliphatic rings. The molecule has 0 unspecified atom stereocenters. The summed E-state index contributed by atoms with van der Waals surface area (Å²) in [7, 11) is 0. The number of hydrogen-bond donors (Lipinski definition) is 1. The number of benzene rings is 1. The van der Waals surface area contributed by atoms with Crippen LogP contribution in [0.5, 0.6) is 0 Å². The third-order valence-electron chi connectivity index (χ3n) is 2.71. The molecule has 2 nitrogen and oxygen atoms in total. The molecular formula is C13H15F2NO. The first-order valence-corrected chi connectivity index (χ1v) is 5.78. The van der Waals surface area contributed by atoms with Crippen molar-refractivity contribution < 1.29 is 13.2 Å². The van der Waals surface area contributed by atoms with Crippen molar-refractivity contribution in [1.29, 1.82) is 0 Å². The second-order valence-corrected chi connectivity index (χ2v) is 4.00. The highest BCUT2D eigenvalue weighted by Crippen LogP contribution is 2.25. The second-order valence-electron chi connectivity index (χ2n) is 4.00. The van der Waals surface area contributed by atoms with Crippen molar-refractivity contribution in [2.45, 2.75) is 19.8 Å². The molecule has 0 bridgehead atoms. The summed E-state index contributed by atoms with van der Waals surface area (Å²) in [5.74, 6) is -1.78. The molecule has 17 heavy (non-hydrogen) atoms. The van der Waals surface area contributed by atoms with Crippen molar-refractivity contribution in [3.63, 3.8) is 0 Å². The highest BCUT2D eigenvalue weighted by atomic mass is 19.2. The molecule has 0 saturated heterocycles. The van der Waals surface area contributed by atoms with Gasteiger partial charge in [0.05, 0.1) is 6.26 Å². The lowest BCUT2D eigenvalue weighted by Crippen LogP contribution is -2.17. The Morgan fingerprint density at radius 1 is 1.24 bits per heavy atom. The second kappa shape index (κ2) is 5.27. The fraction of sp³-hybridized carbons (Fsp3) is 0.385. The Bertz CT molecular complexity index is 507. The van der Waals surface area contributed by atoms with Crippen LogP contribution < -0.4 is 5.32 Å². The van der Waals surface area contributed by atoms with Crippen LogP contribution in [0.1, 0.15) is 18.9 Å². The number of halogens is 2. The molecule has 0 amide bonds. The van der Waals surface area contributed by atoms with E-state index in [1.54, 1.807) is 6.07 Å². The Labute approximate surface area is 98.6 Å². The Morgan fingerprint density at radius 2 is 2.06 bits per heavy atom. The molecule has 2 rings (SSSR count). The molecule has 0 aliphatic heterocycles. The monoisotopic (exact) mass is 239 g/mol. The van der Waals surface area contributed by atoms with Gasteiger partial charge in [-0.2, -0.15) is 4.39 Å². The molecule has 0 atom stereocenters. The van der Waals surface area contributed by atoms with E-state index in [0.717, 1.165) is 37.6 Å². The standard InChI is InChI=1S/C13H15F2NO/c1-2-6-16-7-5-9-8-17-13-10(9)3-4-11(14)12(13)15/h3-4,8,16H,2,5-7H2,1H3. The molecule has 1 heterocycles. The minimum Gasteiger partial charge on any atom is -0.461 e. The number of nitrogens with one attached hydrogen (secondary N) is 1. The van der Waals surface area contributed by atoms with E-state index in [4.69, 9.17) is 4.42 Å². The number of rotatable bonds is 5. The predicted molar refractivity (Wildman–Crippen MR) is 63.0 cm³/mol. The predicted octanol–water partition coefficient (Wildman–Crippen LogP) is 3.25. The zero-order chi connectivity index (χ0) is 12.3. The molecular weight excluding hydrogens is 224 g/mol. The summed E-state index contributed by atoms with van der Waals surface area (Å²) in [6.07, 6.45) is 3.32. The van der Waals surface area contributed by atoms with Gasteiger partial charge in [0.15, 0.2) is 11.4 Å². The van der Waals surface area contributed by atoms with Crippen molar-refractivity contribution >= 4 is 11.0 Å². The summed E-state index contributed by atoms with van der Waals surface area (Å²) >= 11 is 0. The highest BCUT2D eigenvalue weighted by molar-refractivity contribution is 5.81. The Balaban J connectivity index is 2.16. The topological polar surface area (TPSA) is 25.2 Å². The van der Waals surface area contributed by atoms with Gasteiger partial charge in [0.2, 0.25) is 5.82 Å². The van der Waals surface area contributed by atoms with E-state index < -0.39 is 11.6 Å². The van der Waals surface area contributed by atoms with E-state index in [1.807, 2.05) is 0 Å². The zero-order valence-corrected chi connectivity index (χ0v) is 9.72. The molecule has 1 aromatic carbocycles. The average Bonchev–Trinajstić information content (AvgIpc) is 2.73. The summed E-state index contributed by atoms with van der Waals surface area (Å²) in [5, 5.41) is 3.91. The first kappa shape index (κ1) is 12.0. The first-order chi connectivity index (χ1) is 8.24. The molecule has 0 fully saturated rings. The third-order valence-corrected chi connectivity index (χ3v) is 2.71. The van der Waals surface area contributed by atoms with Crippen LogP contribution in [-0.2, 0) is 6.42 Å². The minimum absolute atomic E-state index is 0.00971. The maximum atomic E-state index is 13.4. The Hall–Kier alpha value is -1.42. The summed E-state index contributed by atoms with van der Waals surface area (Å²) in [5.41, 5.74) is 0.915. The van der Waals surface area contributed by atoms with Crippen LogP contribution >= 0.6 is 0 Å². The van der Waals surface area contributed by atoms with Crippen molar-refractivity contribution in [3.8, 4) is 0 Å². The van der Waals surface area contributed by atoms with Crippen molar-refractivity contribution in [2.75, 3.05) is 13.1 Å². The largest absolute Gasteiger partial charge is 0.461 e. The lowest BCUT2D eigenvalue weighted by atomic mass is 10.1. The lowest BCUT2D eigenvalue weighted by molar-refractivity contribution is 0.491. The van der Waals surface area contributed by atoms with Gasteiger partial charge in [0.1, 0.15) is 0 Å². The molecule has 1 aromatic heterocycles. The SMILES string of the molecule is CCCNCCc1coc2c(F)c(F)ccc12. The third kappa shape index (κ3) is 2.47. The van der Waals surface area contributed by atoms with Crippen molar-refractivity contribution in [1.82, 2.24) is 5.32 Å². The van der Waals surface area contributed by atoms with Crippen molar-refractivity contribution in [2.24, 2.45) is 0 Å². The van der Waals surface area contributed by atoms with Crippen molar-refractivity contribution in [3.05, 3.63) is 35.6 Å². The molecule has 92 valence electrons. The molecule has 0 spiro atoms. The van der Waals surface area contributed by atoms with Crippen LogP contribution in [0, 0.1) is 11.6 Å². The van der Waals surface area contributed by atoms with Crippen LogP contribution in [0.3, 0.4) is 0 Å². The van der Waals surface area contributed by atoms with Crippen LogP contribution in [0.4, 0.5) is 8.78 Å². The smallest absolute Gasteiger partial charge is 0.201 e. The van der Waals surface area contributed by atoms with Gasteiger partial charge in [-0.25, -0.2) is 4.39 Å². The van der Waals surface area contributed by atoms with Crippen LogP contribution in [0.25, 0.3) is 11.0 Å². The highest BCUT2D eigenvalue weighted by Gasteiger charge is 2.13. The van der Waals surface area contributed by atoms with E-state index in [1.165, 1.54) is 6.26 Å². The number of fused-ring (bicyclic) bond motifs is 1. The van der Waals surface area contributed by atoms with Crippen LogP contribution in [0.2, 0.25) is 0 Å². The van der Waals surface area contributed by atoms with Gasteiger partial charge in [-0.15, -0.1) is 0 Å². The Morgan fingerprint density at radius 3 is 2.82 bits per heavy atom. The van der Waals surface area contributed by atoms with E-state index in [0.29, 0.717) is 5.39 Å². The molecule has 1 N–H and O–H groups in total. The van der Waals surface area contributed by atoms with E-state index in [2.05, 4.69) is 12.2 Å². The Kier molecular flexibility index (Phi) is 3.74. The van der Waals surface area contributed by atoms with Gasteiger partial charge in [0.25, 0.3) is 0 Å². The van der Waals surface area contributed by atoms with Gasteiger partial charge in [-0.05, 0) is 43.6 Å². The maximum absolute atomic E-state index is 13.4.